The Kier molecular flexibility index (Phi) is 6.49. The van der Waals surface area contributed by atoms with E-state index >= 15 is 0 Å². The molecule has 1 aromatic carbocycles. The van der Waals surface area contributed by atoms with Crippen LogP contribution in [0.2, 0.25) is 0 Å². The maximum atomic E-state index is 13.6. The molecule has 0 amide bonds. The van der Waals surface area contributed by atoms with E-state index in [-0.39, 0.29) is 21.8 Å². The summed E-state index contributed by atoms with van der Waals surface area (Å²) in [5, 5.41) is 3.24. The highest BCUT2D eigenvalue weighted by atomic mass is 32.2. The van der Waals surface area contributed by atoms with Gasteiger partial charge in [-0.1, -0.05) is 0 Å². The van der Waals surface area contributed by atoms with E-state index in [1.165, 1.54) is 23.5 Å². The third-order valence-corrected chi connectivity index (χ3v) is 10.8. The van der Waals surface area contributed by atoms with Gasteiger partial charge in [-0.3, -0.25) is 4.90 Å². The number of fused-ring (bicyclic) bond motifs is 3. The number of likely N-dealkylation sites (tertiary alicyclic amines) is 1. The van der Waals surface area contributed by atoms with E-state index in [0.717, 1.165) is 51.5 Å². The molecule has 2 atom stereocenters. The SMILES string of the molecule is COc1cc(S(=O)(=O)N2CCC(N3C[C@H]4C[C@@H]3CO4)CC2)ccc1Nc1cc(C2CC2)c2c(C(F)(F)F)c[nH]c2n1. The van der Waals surface area contributed by atoms with Crippen LogP contribution in [-0.4, -0.2) is 79.1 Å². The Balaban J connectivity index is 1.10. The highest BCUT2D eigenvalue weighted by molar-refractivity contribution is 7.89. The normalized spacial score (nSPS) is 24.4. The molecule has 2 aromatic heterocycles. The van der Waals surface area contributed by atoms with Gasteiger partial charge in [-0.15, -0.1) is 0 Å². The molecular weight excluding hydrogens is 559 g/mol. The Bertz CT molecular complexity index is 1580. The molecule has 2 N–H and O–H groups in total. The molecule has 1 aliphatic carbocycles. The number of nitrogens with zero attached hydrogens (tertiary/aromatic N) is 3. The van der Waals surface area contributed by atoms with Crippen LogP contribution < -0.4 is 10.1 Å². The van der Waals surface area contributed by atoms with E-state index < -0.39 is 21.8 Å². The zero-order valence-corrected chi connectivity index (χ0v) is 23.4. The molecule has 0 radical (unpaired) electrons. The van der Waals surface area contributed by atoms with Crippen molar-refractivity contribution in [2.24, 2.45) is 0 Å². The third kappa shape index (κ3) is 4.86. The van der Waals surface area contributed by atoms with Crippen LogP contribution in [0.15, 0.2) is 35.4 Å². The van der Waals surface area contributed by atoms with Gasteiger partial charge in [-0.25, -0.2) is 13.4 Å². The lowest BCUT2D eigenvalue weighted by Crippen LogP contribution is -2.50. The number of H-pyrrole nitrogens is 1. The first-order valence-corrected chi connectivity index (χ1v) is 15.5. The number of pyridine rings is 1. The van der Waals surface area contributed by atoms with Gasteiger partial charge in [-0.2, -0.15) is 17.5 Å². The summed E-state index contributed by atoms with van der Waals surface area (Å²) in [6.45, 7) is 2.61. The third-order valence-electron chi connectivity index (χ3n) is 8.90. The lowest BCUT2D eigenvalue weighted by molar-refractivity contribution is -0.136. The smallest absolute Gasteiger partial charge is 0.418 e. The Labute approximate surface area is 236 Å². The van der Waals surface area contributed by atoms with Crippen LogP contribution >= 0.6 is 0 Å². The second kappa shape index (κ2) is 9.85. The van der Waals surface area contributed by atoms with E-state index in [0.29, 0.717) is 54.1 Å². The minimum absolute atomic E-state index is 0.0467. The van der Waals surface area contributed by atoms with Crippen LogP contribution in [0.4, 0.5) is 24.7 Å². The zero-order chi connectivity index (χ0) is 28.5. The van der Waals surface area contributed by atoms with E-state index in [9.17, 15) is 21.6 Å². The van der Waals surface area contributed by atoms with Crippen molar-refractivity contribution in [2.45, 2.75) is 67.3 Å². The van der Waals surface area contributed by atoms with Crippen molar-refractivity contribution in [3.05, 3.63) is 41.6 Å². The van der Waals surface area contributed by atoms with Crippen molar-refractivity contribution < 1.29 is 31.1 Å². The number of benzene rings is 1. The molecule has 0 unspecified atom stereocenters. The molecular formula is C28H32F3N5O4S. The summed E-state index contributed by atoms with van der Waals surface area (Å²) in [4.78, 5) is 9.69. The van der Waals surface area contributed by atoms with Crippen LogP contribution in [0.25, 0.3) is 11.0 Å². The predicted molar refractivity (Wildman–Crippen MR) is 146 cm³/mol. The molecule has 3 aromatic rings. The minimum atomic E-state index is -4.49. The number of anilines is 2. The predicted octanol–water partition coefficient (Wildman–Crippen LogP) is 4.84. The number of aromatic amines is 1. The van der Waals surface area contributed by atoms with Crippen LogP contribution in [0.5, 0.6) is 5.75 Å². The Morgan fingerprint density at radius 2 is 1.90 bits per heavy atom. The number of nitrogens with one attached hydrogen (secondary N) is 2. The highest BCUT2D eigenvalue weighted by Gasteiger charge is 2.43. The quantitative estimate of drug-likeness (QED) is 0.406. The van der Waals surface area contributed by atoms with Gasteiger partial charge in [0.05, 0.1) is 36.0 Å². The molecule has 5 heterocycles. The van der Waals surface area contributed by atoms with Crippen molar-refractivity contribution >= 4 is 32.6 Å². The summed E-state index contributed by atoms with van der Waals surface area (Å²) in [5.41, 5.74) is 0.501. The van der Waals surface area contributed by atoms with Crippen molar-refractivity contribution in [3.8, 4) is 5.75 Å². The van der Waals surface area contributed by atoms with Crippen LogP contribution in [0, 0.1) is 0 Å². The van der Waals surface area contributed by atoms with Crippen molar-refractivity contribution in [1.29, 1.82) is 0 Å². The fourth-order valence-corrected chi connectivity index (χ4v) is 8.17. The molecule has 1 saturated carbocycles. The number of alkyl halides is 3. The second-order valence-electron chi connectivity index (χ2n) is 11.5. The van der Waals surface area contributed by atoms with Crippen LogP contribution in [-0.2, 0) is 20.9 Å². The molecule has 4 fully saturated rings. The first kappa shape index (κ1) is 27.0. The van der Waals surface area contributed by atoms with Crippen molar-refractivity contribution in [1.82, 2.24) is 19.2 Å². The lowest BCUT2D eigenvalue weighted by Gasteiger charge is -2.39. The first-order valence-electron chi connectivity index (χ1n) is 14.0. The molecule has 3 aliphatic heterocycles. The molecule has 0 spiro atoms. The second-order valence-corrected chi connectivity index (χ2v) is 13.4. The number of hydrogen-bond acceptors (Lipinski definition) is 7. The van der Waals surface area contributed by atoms with Gasteiger partial charge in [0, 0.05) is 49.4 Å². The highest BCUT2D eigenvalue weighted by Crippen LogP contribution is 2.47. The zero-order valence-electron chi connectivity index (χ0n) is 22.6. The summed E-state index contributed by atoms with van der Waals surface area (Å²) in [6, 6.07) is 7.10. The number of aromatic nitrogens is 2. The van der Waals surface area contributed by atoms with E-state index in [2.05, 4.69) is 20.2 Å². The summed E-state index contributed by atoms with van der Waals surface area (Å²) in [7, 11) is -2.29. The average Bonchev–Trinajstić information content (AvgIpc) is 3.34. The topological polar surface area (TPSA) is 99.8 Å². The Morgan fingerprint density at radius 3 is 2.54 bits per heavy atom. The van der Waals surface area contributed by atoms with E-state index in [1.807, 2.05) is 0 Å². The lowest BCUT2D eigenvalue weighted by atomic mass is 10.0. The monoisotopic (exact) mass is 591 g/mol. The molecule has 13 heteroatoms. The number of hydrogen-bond donors (Lipinski definition) is 2. The summed E-state index contributed by atoms with van der Waals surface area (Å²) in [6.07, 6.45) is 1.07. The molecule has 9 nitrogen and oxygen atoms in total. The van der Waals surface area contributed by atoms with Gasteiger partial charge in [0.25, 0.3) is 0 Å². The van der Waals surface area contributed by atoms with Gasteiger partial charge in [-0.05, 0) is 61.8 Å². The summed E-state index contributed by atoms with van der Waals surface area (Å²) in [5.74, 6) is 0.698. The van der Waals surface area contributed by atoms with Gasteiger partial charge in [0.2, 0.25) is 10.0 Å². The molecule has 41 heavy (non-hydrogen) atoms. The number of morpholine rings is 1. The standard InChI is InChI=1S/C28H32F3N5O4S/c1-39-24-11-20(41(37,38)35-8-6-17(7-9-35)36-14-19-10-18(36)15-40-19)4-5-23(24)33-25-12-21(16-2-3-16)26-22(28(29,30)31)13-32-27(26)34-25/h4-5,11-13,16-19H,2-3,6-10,14-15H2,1H3,(H2,32,33,34)/t18-,19-/m1/s1. The number of sulfonamides is 1. The maximum Gasteiger partial charge on any atom is 0.418 e. The summed E-state index contributed by atoms with van der Waals surface area (Å²) < 4.78 is 80.7. The van der Waals surface area contributed by atoms with Gasteiger partial charge >= 0.3 is 6.18 Å². The van der Waals surface area contributed by atoms with E-state index in [1.54, 1.807) is 12.1 Å². The number of rotatable bonds is 7. The number of methoxy groups -OCH3 is 1. The van der Waals surface area contributed by atoms with Gasteiger partial charge in [0.15, 0.2) is 0 Å². The van der Waals surface area contributed by atoms with Crippen molar-refractivity contribution in [2.75, 3.05) is 38.7 Å². The number of piperidine rings is 1. The Morgan fingerprint density at radius 1 is 1.12 bits per heavy atom. The van der Waals surface area contributed by atoms with Gasteiger partial charge < -0.3 is 19.8 Å². The largest absolute Gasteiger partial charge is 0.495 e. The van der Waals surface area contributed by atoms with Crippen molar-refractivity contribution in [3.63, 3.8) is 0 Å². The summed E-state index contributed by atoms with van der Waals surface area (Å²) >= 11 is 0. The maximum absolute atomic E-state index is 13.6. The molecule has 4 aliphatic rings. The van der Waals surface area contributed by atoms with Crippen LogP contribution in [0.1, 0.15) is 49.1 Å². The fraction of sp³-hybridized carbons (Fsp3) is 0.536. The number of halogens is 3. The fourth-order valence-electron chi connectivity index (χ4n) is 6.68. The molecule has 7 rings (SSSR count). The van der Waals surface area contributed by atoms with Gasteiger partial charge in [0.1, 0.15) is 17.2 Å². The minimum Gasteiger partial charge on any atom is -0.495 e. The molecule has 220 valence electrons. The van der Waals surface area contributed by atoms with Crippen LogP contribution in [0.3, 0.4) is 0 Å². The van der Waals surface area contributed by atoms with E-state index in [4.69, 9.17) is 9.47 Å². The Hall–Kier alpha value is -2.87. The number of ether oxygens (including phenoxy) is 2. The first-order chi connectivity index (χ1) is 19.6. The molecule has 2 bridgehead atoms. The molecule has 3 saturated heterocycles. The average molecular weight is 592 g/mol.